The zero-order valence-electron chi connectivity index (χ0n) is 13.8. The highest BCUT2D eigenvalue weighted by molar-refractivity contribution is 5.67. The number of benzene rings is 2. The molecule has 0 spiro atoms. The number of carbonyl (C=O) groups is 1. The van der Waals surface area contributed by atoms with Gasteiger partial charge in [0.05, 0.1) is 0 Å². The molecule has 3 heteroatoms. The van der Waals surface area contributed by atoms with Gasteiger partial charge in [-0.25, -0.2) is 4.79 Å². The number of hydrogen-bond donors (Lipinski definition) is 0. The topological polar surface area (TPSA) is 35.5 Å². The van der Waals surface area contributed by atoms with Crippen LogP contribution >= 0.6 is 0 Å². The van der Waals surface area contributed by atoms with Gasteiger partial charge < -0.3 is 9.47 Å². The van der Waals surface area contributed by atoms with Crippen LogP contribution in [0.15, 0.2) is 48.5 Å². The van der Waals surface area contributed by atoms with Crippen LogP contribution in [0.1, 0.15) is 25.0 Å². The summed E-state index contributed by atoms with van der Waals surface area (Å²) in [5.74, 6) is 12.5. The molecule has 2 aromatic rings. The standard InChI is InChI=1S/C21H18O3/c1-3-5-9-17-11-7-13-19(15-17)23-21(22)24-20-14-8-12-18(16-20)10-6-4-2/h7-8,11-16H,9-10H2,1-2H3. The summed E-state index contributed by atoms with van der Waals surface area (Å²) in [7, 11) is 0. The minimum absolute atomic E-state index is 0.434. The van der Waals surface area contributed by atoms with Crippen molar-refractivity contribution in [2.24, 2.45) is 0 Å². The second kappa shape index (κ2) is 9.08. The van der Waals surface area contributed by atoms with Crippen LogP contribution < -0.4 is 9.47 Å². The van der Waals surface area contributed by atoms with E-state index in [9.17, 15) is 4.79 Å². The molecule has 0 aliphatic heterocycles. The molecular weight excluding hydrogens is 300 g/mol. The van der Waals surface area contributed by atoms with Crippen molar-refractivity contribution >= 4 is 6.16 Å². The van der Waals surface area contributed by atoms with Crippen LogP contribution in [0.5, 0.6) is 11.5 Å². The van der Waals surface area contributed by atoms with E-state index >= 15 is 0 Å². The molecule has 0 heterocycles. The van der Waals surface area contributed by atoms with Crippen LogP contribution in [0, 0.1) is 23.7 Å². The van der Waals surface area contributed by atoms with E-state index in [-0.39, 0.29) is 0 Å². The van der Waals surface area contributed by atoms with Gasteiger partial charge >= 0.3 is 6.16 Å². The van der Waals surface area contributed by atoms with Gasteiger partial charge in [-0.1, -0.05) is 36.1 Å². The number of carbonyl (C=O) groups excluding carboxylic acids is 1. The largest absolute Gasteiger partial charge is 0.519 e. The lowest BCUT2D eigenvalue weighted by Crippen LogP contribution is -2.13. The minimum atomic E-state index is -0.771. The third-order valence-corrected chi connectivity index (χ3v) is 3.14. The van der Waals surface area contributed by atoms with Gasteiger partial charge in [-0.3, -0.25) is 0 Å². The number of hydrogen-bond acceptors (Lipinski definition) is 3. The van der Waals surface area contributed by atoms with Crippen molar-refractivity contribution in [2.75, 3.05) is 0 Å². The van der Waals surface area contributed by atoms with E-state index < -0.39 is 6.16 Å². The summed E-state index contributed by atoms with van der Waals surface area (Å²) < 4.78 is 10.4. The van der Waals surface area contributed by atoms with Crippen LogP contribution in [0.4, 0.5) is 4.79 Å². The van der Waals surface area contributed by atoms with E-state index in [0.29, 0.717) is 24.3 Å². The second-order valence-corrected chi connectivity index (χ2v) is 4.96. The van der Waals surface area contributed by atoms with Gasteiger partial charge in [0.15, 0.2) is 0 Å². The van der Waals surface area contributed by atoms with Crippen molar-refractivity contribution in [3.8, 4) is 35.2 Å². The molecule has 2 rings (SSSR count). The highest BCUT2D eigenvalue weighted by atomic mass is 16.7. The van der Waals surface area contributed by atoms with Crippen molar-refractivity contribution in [2.45, 2.75) is 26.7 Å². The van der Waals surface area contributed by atoms with Gasteiger partial charge in [0.2, 0.25) is 0 Å². The van der Waals surface area contributed by atoms with Gasteiger partial charge in [0.1, 0.15) is 11.5 Å². The molecule has 0 radical (unpaired) electrons. The van der Waals surface area contributed by atoms with Crippen molar-refractivity contribution in [3.63, 3.8) is 0 Å². The zero-order chi connectivity index (χ0) is 17.2. The Kier molecular flexibility index (Phi) is 6.50. The van der Waals surface area contributed by atoms with Crippen LogP contribution in [0.2, 0.25) is 0 Å². The average Bonchev–Trinajstić information content (AvgIpc) is 2.58. The summed E-state index contributed by atoms with van der Waals surface area (Å²) in [6, 6.07) is 14.5. The minimum Gasteiger partial charge on any atom is -0.395 e. The Morgan fingerprint density at radius 3 is 1.71 bits per heavy atom. The molecule has 0 N–H and O–H groups in total. The zero-order valence-corrected chi connectivity index (χ0v) is 13.8. The van der Waals surface area contributed by atoms with Gasteiger partial charge in [0.25, 0.3) is 0 Å². The van der Waals surface area contributed by atoms with Crippen LogP contribution in [-0.2, 0) is 12.8 Å². The summed E-state index contributed by atoms with van der Waals surface area (Å²) in [6.07, 6.45) is 0.458. The molecule has 0 unspecified atom stereocenters. The average molecular weight is 318 g/mol. The first-order valence-corrected chi connectivity index (χ1v) is 7.58. The van der Waals surface area contributed by atoms with Crippen LogP contribution in [-0.4, -0.2) is 6.16 Å². The summed E-state index contributed by atoms with van der Waals surface area (Å²) in [5, 5.41) is 0. The fourth-order valence-corrected chi connectivity index (χ4v) is 2.03. The van der Waals surface area contributed by atoms with E-state index in [1.165, 1.54) is 0 Å². The molecule has 120 valence electrons. The van der Waals surface area contributed by atoms with Crippen molar-refractivity contribution in [1.82, 2.24) is 0 Å². The molecule has 0 aromatic heterocycles. The predicted octanol–water partition coefficient (Wildman–Crippen LogP) is 4.40. The van der Waals surface area contributed by atoms with E-state index in [1.54, 1.807) is 38.1 Å². The fourth-order valence-electron chi connectivity index (χ4n) is 2.03. The lowest BCUT2D eigenvalue weighted by molar-refractivity contribution is 0.152. The number of ether oxygens (including phenoxy) is 2. The summed E-state index contributed by atoms with van der Waals surface area (Å²) in [6.45, 7) is 3.58. The smallest absolute Gasteiger partial charge is 0.395 e. The Bertz CT molecular complexity index is 760. The fraction of sp³-hybridized carbons (Fsp3) is 0.190. The predicted molar refractivity (Wildman–Crippen MR) is 93.8 cm³/mol. The molecular formula is C21H18O3. The van der Waals surface area contributed by atoms with Gasteiger partial charge in [0, 0.05) is 12.8 Å². The maximum Gasteiger partial charge on any atom is 0.519 e. The van der Waals surface area contributed by atoms with Crippen molar-refractivity contribution in [1.29, 1.82) is 0 Å². The van der Waals surface area contributed by atoms with Crippen LogP contribution in [0.3, 0.4) is 0 Å². The monoisotopic (exact) mass is 318 g/mol. The van der Waals surface area contributed by atoms with E-state index in [2.05, 4.69) is 23.7 Å². The Hall–Kier alpha value is -3.17. The van der Waals surface area contributed by atoms with Crippen molar-refractivity contribution < 1.29 is 14.3 Å². The Morgan fingerprint density at radius 2 is 1.29 bits per heavy atom. The van der Waals surface area contributed by atoms with Crippen LogP contribution in [0.25, 0.3) is 0 Å². The molecule has 2 aromatic carbocycles. The SMILES string of the molecule is CC#CCc1cccc(OC(=O)Oc2cccc(CC#CC)c2)c1. The van der Waals surface area contributed by atoms with E-state index in [4.69, 9.17) is 9.47 Å². The first kappa shape index (κ1) is 17.2. The first-order chi connectivity index (χ1) is 11.7. The highest BCUT2D eigenvalue weighted by Crippen LogP contribution is 2.17. The molecule has 0 aliphatic carbocycles. The maximum atomic E-state index is 11.9. The highest BCUT2D eigenvalue weighted by Gasteiger charge is 2.08. The molecule has 0 saturated carbocycles. The lowest BCUT2D eigenvalue weighted by Gasteiger charge is -2.07. The normalized spacial score (nSPS) is 9.08. The lowest BCUT2D eigenvalue weighted by atomic mass is 10.1. The molecule has 3 nitrogen and oxygen atoms in total. The molecule has 0 fully saturated rings. The second-order valence-electron chi connectivity index (χ2n) is 4.96. The Balaban J connectivity index is 1.99. The van der Waals surface area contributed by atoms with Gasteiger partial charge in [-0.15, -0.1) is 11.8 Å². The quantitative estimate of drug-likeness (QED) is 0.476. The molecule has 0 amide bonds. The maximum absolute atomic E-state index is 11.9. The Labute approximate surface area is 142 Å². The summed E-state index contributed by atoms with van der Waals surface area (Å²) in [5.41, 5.74) is 1.96. The van der Waals surface area contributed by atoms with Gasteiger partial charge in [-0.2, -0.15) is 0 Å². The molecule has 0 saturated heterocycles. The summed E-state index contributed by atoms with van der Waals surface area (Å²) >= 11 is 0. The van der Waals surface area contributed by atoms with Gasteiger partial charge in [-0.05, 0) is 49.2 Å². The third kappa shape index (κ3) is 5.55. The Morgan fingerprint density at radius 1 is 0.833 bits per heavy atom. The number of rotatable bonds is 4. The van der Waals surface area contributed by atoms with Crippen molar-refractivity contribution in [3.05, 3.63) is 59.7 Å². The van der Waals surface area contributed by atoms with E-state index in [1.807, 2.05) is 24.3 Å². The first-order valence-electron chi connectivity index (χ1n) is 7.58. The third-order valence-electron chi connectivity index (χ3n) is 3.14. The molecule has 0 aliphatic rings. The molecule has 0 atom stereocenters. The molecule has 0 bridgehead atoms. The summed E-state index contributed by atoms with van der Waals surface area (Å²) in [4.78, 5) is 11.9. The molecule has 24 heavy (non-hydrogen) atoms. The van der Waals surface area contributed by atoms with E-state index in [0.717, 1.165) is 11.1 Å².